The van der Waals surface area contributed by atoms with Crippen LogP contribution in [0.25, 0.3) is 28.3 Å². The fourth-order valence-electron chi connectivity index (χ4n) is 3.17. The molecule has 0 amide bonds. The van der Waals surface area contributed by atoms with E-state index in [1.165, 1.54) is 18.3 Å². The minimum absolute atomic E-state index is 0.145. The van der Waals surface area contributed by atoms with Crippen LogP contribution in [0.3, 0.4) is 0 Å². The lowest BCUT2D eigenvalue weighted by atomic mass is 10.0. The maximum Gasteiger partial charge on any atom is 0.224 e. The molecule has 0 unspecified atom stereocenters. The predicted octanol–water partition coefficient (Wildman–Crippen LogP) is 3.09. The monoisotopic (exact) mass is 412 g/mol. The lowest BCUT2D eigenvalue weighted by Crippen LogP contribution is -2.21. The summed E-state index contributed by atoms with van der Waals surface area (Å²) in [7, 11) is 1.83. The SMILES string of the molecule is Cn1cnc(-c2cc(/C(N)=C(\F)NN)ccn2)c1-c1ccc(F)cc1OCC1CC1. The molecule has 2 heterocycles. The zero-order valence-electron chi connectivity index (χ0n) is 16.4. The Kier molecular flexibility index (Phi) is 5.37. The van der Waals surface area contributed by atoms with Crippen molar-refractivity contribution in [2.75, 3.05) is 6.61 Å². The smallest absolute Gasteiger partial charge is 0.224 e. The van der Waals surface area contributed by atoms with Crippen molar-refractivity contribution in [1.82, 2.24) is 20.0 Å². The van der Waals surface area contributed by atoms with E-state index in [0.717, 1.165) is 12.8 Å². The lowest BCUT2D eigenvalue weighted by Gasteiger charge is -2.14. The van der Waals surface area contributed by atoms with Crippen LogP contribution in [0.15, 0.2) is 48.8 Å². The number of nitrogens with zero attached hydrogens (tertiary/aromatic N) is 3. The zero-order valence-corrected chi connectivity index (χ0v) is 16.4. The molecule has 0 bridgehead atoms. The summed E-state index contributed by atoms with van der Waals surface area (Å²) >= 11 is 0. The molecule has 1 aromatic carbocycles. The van der Waals surface area contributed by atoms with Gasteiger partial charge in [0.15, 0.2) is 0 Å². The number of benzene rings is 1. The van der Waals surface area contributed by atoms with Crippen molar-refractivity contribution in [2.45, 2.75) is 12.8 Å². The third kappa shape index (κ3) is 3.97. The van der Waals surface area contributed by atoms with Crippen LogP contribution in [-0.2, 0) is 7.05 Å². The molecule has 0 radical (unpaired) electrons. The van der Waals surface area contributed by atoms with Crippen LogP contribution in [0.4, 0.5) is 8.78 Å². The van der Waals surface area contributed by atoms with E-state index in [0.29, 0.717) is 46.5 Å². The third-order valence-corrected chi connectivity index (χ3v) is 4.98. The van der Waals surface area contributed by atoms with E-state index < -0.39 is 5.95 Å². The van der Waals surface area contributed by atoms with Crippen LogP contribution in [-0.4, -0.2) is 21.1 Å². The van der Waals surface area contributed by atoms with E-state index in [4.69, 9.17) is 16.3 Å². The molecule has 3 aromatic rings. The molecule has 4 rings (SSSR count). The second-order valence-electron chi connectivity index (χ2n) is 7.25. The summed E-state index contributed by atoms with van der Waals surface area (Å²) in [4.78, 5) is 8.82. The molecule has 0 atom stereocenters. The van der Waals surface area contributed by atoms with E-state index in [1.54, 1.807) is 24.5 Å². The quantitative estimate of drug-likeness (QED) is 0.313. The van der Waals surface area contributed by atoms with Crippen molar-refractivity contribution in [1.29, 1.82) is 0 Å². The number of hydrazine groups is 1. The first-order valence-corrected chi connectivity index (χ1v) is 9.50. The van der Waals surface area contributed by atoms with E-state index >= 15 is 0 Å². The minimum atomic E-state index is -0.845. The summed E-state index contributed by atoms with van der Waals surface area (Å²) in [5, 5.41) is 0. The van der Waals surface area contributed by atoms with E-state index in [9.17, 15) is 8.78 Å². The molecule has 2 aromatic heterocycles. The second-order valence-corrected chi connectivity index (χ2v) is 7.25. The van der Waals surface area contributed by atoms with Crippen LogP contribution in [0.2, 0.25) is 0 Å². The molecule has 9 heteroatoms. The number of hydrogen-bond acceptors (Lipinski definition) is 6. The van der Waals surface area contributed by atoms with Gasteiger partial charge in [0.2, 0.25) is 5.95 Å². The normalized spacial score (nSPS) is 14.4. The first-order valence-electron chi connectivity index (χ1n) is 9.50. The van der Waals surface area contributed by atoms with Crippen LogP contribution in [0.5, 0.6) is 5.75 Å². The Bertz CT molecular complexity index is 1110. The van der Waals surface area contributed by atoms with Gasteiger partial charge in [-0.15, -0.1) is 0 Å². The van der Waals surface area contributed by atoms with Crippen molar-refractivity contribution in [3.63, 3.8) is 0 Å². The van der Waals surface area contributed by atoms with Gasteiger partial charge in [-0.1, -0.05) is 0 Å². The molecule has 0 saturated heterocycles. The van der Waals surface area contributed by atoms with Crippen molar-refractivity contribution in [2.24, 2.45) is 24.5 Å². The van der Waals surface area contributed by atoms with E-state index in [2.05, 4.69) is 9.97 Å². The molecule has 30 heavy (non-hydrogen) atoms. The van der Waals surface area contributed by atoms with Crippen LogP contribution < -0.4 is 21.7 Å². The number of halogens is 2. The number of ether oxygens (including phenoxy) is 1. The van der Waals surface area contributed by atoms with Gasteiger partial charge in [0, 0.05) is 30.4 Å². The molecule has 1 aliphatic carbocycles. The summed E-state index contributed by atoms with van der Waals surface area (Å²) < 4.78 is 35.4. The van der Waals surface area contributed by atoms with Gasteiger partial charge in [0.1, 0.15) is 17.3 Å². The average molecular weight is 412 g/mol. The number of aryl methyl sites for hydroxylation is 1. The Balaban J connectivity index is 1.78. The molecular weight excluding hydrogens is 390 g/mol. The zero-order chi connectivity index (χ0) is 21.3. The highest BCUT2D eigenvalue weighted by Gasteiger charge is 2.24. The summed E-state index contributed by atoms with van der Waals surface area (Å²) in [5.41, 5.74) is 10.4. The topological polar surface area (TPSA) is 104 Å². The van der Waals surface area contributed by atoms with Gasteiger partial charge in [-0.2, -0.15) is 4.39 Å². The van der Waals surface area contributed by atoms with Crippen molar-refractivity contribution in [3.8, 4) is 28.4 Å². The largest absolute Gasteiger partial charge is 0.492 e. The fraction of sp³-hybridized carbons (Fsp3) is 0.238. The Morgan fingerprint density at radius 2 is 2.07 bits per heavy atom. The first kappa shape index (κ1) is 19.8. The summed E-state index contributed by atoms with van der Waals surface area (Å²) in [6, 6.07) is 7.60. The van der Waals surface area contributed by atoms with Gasteiger partial charge in [-0.25, -0.2) is 15.2 Å². The summed E-state index contributed by atoms with van der Waals surface area (Å²) in [6.07, 6.45) is 5.40. The number of rotatable bonds is 7. The Morgan fingerprint density at radius 1 is 1.27 bits per heavy atom. The van der Waals surface area contributed by atoms with Crippen LogP contribution >= 0.6 is 0 Å². The maximum atomic E-state index is 13.9. The number of hydrogen-bond donors (Lipinski definition) is 3. The Labute approximate surface area is 172 Å². The number of pyridine rings is 1. The molecular formula is C21H22F2N6O. The van der Waals surface area contributed by atoms with Crippen LogP contribution in [0.1, 0.15) is 18.4 Å². The Hall–Kier alpha value is -3.46. The number of nitrogens with two attached hydrogens (primary N) is 2. The van der Waals surface area contributed by atoms with Gasteiger partial charge >= 0.3 is 0 Å². The summed E-state index contributed by atoms with van der Waals surface area (Å²) in [5.74, 6) is 4.85. The molecule has 7 nitrogen and oxygen atoms in total. The fourth-order valence-corrected chi connectivity index (χ4v) is 3.17. The van der Waals surface area contributed by atoms with Crippen molar-refractivity contribution >= 4 is 5.70 Å². The Morgan fingerprint density at radius 3 is 2.80 bits per heavy atom. The first-order chi connectivity index (χ1) is 14.5. The van der Waals surface area contributed by atoms with Crippen LogP contribution in [0, 0.1) is 11.7 Å². The van der Waals surface area contributed by atoms with Gasteiger partial charge in [0.25, 0.3) is 0 Å². The van der Waals surface area contributed by atoms with Gasteiger partial charge in [-0.05, 0) is 43.0 Å². The van der Waals surface area contributed by atoms with Gasteiger partial charge in [0.05, 0.1) is 30.0 Å². The van der Waals surface area contributed by atoms with Crippen molar-refractivity contribution < 1.29 is 13.5 Å². The molecule has 1 aliphatic rings. The highest BCUT2D eigenvalue weighted by molar-refractivity contribution is 5.81. The number of nitrogens with one attached hydrogen (secondary N) is 1. The lowest BCUT2D eigenvalue weighted by molar-refractivity contribution is 0.299. The van der Waals surface area contributed by atoms with E-state index in [1.807, 2.05) is 17.0 Å². The van der Waals surface area contributed by atoms with Gasteiger partial charge in [-0.3, -0.25) is 10.4 Å². The number of aromatic nitrogens is 3. The molecule has 1 saturated carbocycles. The molecule has 0 aliphatic heterocycles. The summed E-state index contributed by atoms with van der Waals surface area (Å²) in [6.45, 7) is 0.546. The molecule has 156 valence electrons. The number of imidazole rings is 1. The molecule has 0 spiro atoms. The highest BCUT2D eigenvalue weighted by Crippen LogP contribution is 2.38. The second kappa shape index (κ2) is 8.11. The highest BCUT2D eigenvalue weighted by atomic mass is 19.1. The molecule has 5 N–H and O–H groups in total. The van der Waals surface area contributed by atoms with E-state index in [-0.39, 0.29) is 11.5 Å². The predicted molar refractivity (Wildman–Crippen MR) is 110 cm³/mol. The standard InChI is InChI=1S/C21H22F2N6O/c1-29-11-27-19(16-8-13(6-7-26-16)18(24)21(23)28-25)20(29)15-5-4-14(22)9-17(15)30-10-12-2-3-12/h4-9,11-12,28H,2-3,10,24-25H2,1H3/b21-18-. The minimum Gasteiger partial charge on any atom is -0.492 e. The van der Waals surface area contributed by atoms with Crippen molar-refractivity contribution in [3.05, 3.63) is 60.2 Å². The van der Waals surface area contributed by atoms with Gasteiger partial charge < -0.3 is 15.0 Å². The third-order valence-electron chi connectivity index (χ3n) is 4.98. The maximum absolute atomic E-state index is 13.9. The molecule has 1 fully saturated rings. The average Bonchev–Trinajstić information content (AvgIpc) is 3.52.